The van der Waals surface area contributed by atoms with E-state index in [1.165, 1.54) is 32.1 Å². The van der Waals surface area contributed by atoms with Crippen molar-refractivity contribution < 1.29 is 19.1 Å². The summed E-state index contributed by atoms with van der Waals surface area (Å²) in [5.41, 5.74) is 1.98. The summed E-state index contributed by atoms with van der Waals surface area (Å²) < 4.78 is 13.4. The Kier molecular flexibility index (Phi) is 12.0. The average molecular weight is 602 g/mol. The molecule has 0 spiro atoms. The van der Waals surface area contributed by atoms with Gasteiger partial charge in [0.2, 0.25) is 5.91 Å². The topological polar surface area (TPSA) is 97.7 Å². The maximum Gasteiger partial charge on any atom is 0.272 e. The molecule has 2 aliphatic carbocycles. The third kappa shape index (κ3) is 7.98. The number of carbonyl (C=O) groups excluding carboxylic acids is 2. The summed E-state index contributed by atoms with van der Waals surface area (Å²) in [4.78, 5) is 29.2. The normalized spacial score (nSPS) is 18.8. The molecule has 9 nitrogen and oxygen atoms in total. The Bertz CT molecular complexity index is 1150. The van der Waals surface area contributed by atoms with E-state index in [1.807, 2.05) is 28.9 Å². The standard InChI is InChI=1S/C32H47N5O4.ClH/c1-40-28-15-10-16-29(41-2)31(28)27-22-26(35-37(27)25-13-5-6-14-25)32(39)34-24(21-30(38)33-23-11-9-12-23)17-20-36-18-7-3-4-8-19-36;/h10,15-16,22-25H,3-9,11-14,17-21H2,1-2H3,(H,33,38)(H,34,39);1H/t24-;/m0./s1. The van der Waals surface area contributed by atoms with Gasteiger partial charge in [0.15, 0.2) is 5.69 Å². The minimum Gasteiger partial charge on any atom is -0.496 e. The van der Waals surface area contributed by atoms with Crippen LogP contribution < -0.4 is 20.1 Å². The number of hydrogen-bond acceptors (Lipinski definition) is 6. The first-order valence-electron chi connectivity index (χ1n) is 15.7. The SMILES string of the molecule is COc1cccc(OC)c1-c1cc(C(=O)N[C@@H](CCN2CCCCCC2)CC(=O)NC2CCC2)nn1C1CCCC1.Cl. The van der Waals surface area contributed by atoms with Crippen LogP contribution in [-0.2, 0) is 4.79 Å². The lowest BCUT2D eigenvalue weighted by atomic mass is 9.93. The van der Waals surface area contributed by atoms with Gasteiger partial charge < -0.3 is 25.0 Å². The molecule has 42 heavy (non-hydrogen) atoms. The van der Waals surface area contributed by atoms with E-state index in [-0.39, 0.29) is 48.8 Å². The van der Waals surface area contributed by atoms with Gasteiger partial charge in [-0.3, -0.25) is 14.3 Å². The first kappa shape index (κ1) is 32.1. The van der Waals surface area contributed by atoms with Crippen molar-refractivity contribution in [3.05, 3.63) is 30.0 Å². The van der Waals surface area contributed by atoms with Crippen LogP contribution in [-0.4, -0.2) is 72.4 Å². The minimum absolute atomic E-state index is 0. The lowest BCUT2D eigenvalue weighted by Crippen LogP contribution is -2.45. The van der Waals surface area contributed by atoms with Gasteiger partial charge in [0.05, 0.1) is 31.5 Å². The smallest absolute Gasteiger partial charge is 0.272 e. The van der Waals surface area contributed by atoms with Gasteiger partial charge in [-0.25, -0.2) is 0 Å². The summed E-state index contributed by atoms with van der Waals surface area (Å²) in [5, 5.41) is 11.2. The van der Waals surface area contributed by atoms with Crippen molar-refractivity contribution in [2.45, 2.75) is 102 Å². The van der Waals surface area contributed by atoms with E-state index in [2.05, 4.69) is 15.5 Å². The molecule has 1 aromatic carbocycles. The summed E-state index contributed by atoms with van der Waals surface area (Å²) >= 11 is 0. The molecule has 1 aliphatic heterocycles. The van der Waals surface area contributed by atoms with Gasteiger partial charge in [-0.05, 0) is 82.7 Å². The zero-order valence-corrected chi connectivity index (χ0v) is 26.1. The highest BCUT2D eigenvalue weighted by molar-refractivity contribution is 5.94. The van der Waals surface area contributed by atoms with Crippen molar-refractivity contribution in [3.63, 3.8) is 0 Å². The van der Waals surface area contributed by atoms with Crippen molar-refractivity contribution in [1.29, 1.82) is 0 Å². The van der Waals surface area contributed by atoms with E-state index < -0.39 is 0 Å². The molecule has 2 heterocycles. The van der Waals surface area contributed by atoms with Crippen LogP contribution in [0.2, 0.25) is 0 Å². The number of rotatable bonds is 12. The first-order valence-corrected chi connectivity index (χ1v) is 15.7. The molecule has 0 unspecified atom stereocenters. The van der Waals surface area contributed by atoms with Gasteiger partial charge in [0.25, 0.3) is 5.91 Å². The number of nitrogens with zero attached hydrogens (tertiary/aromatic N) is 3. The number of aromatic nitrogens is 2. The molecule has 2 amide bonds. The molecule has 1 aromatic heterocycles. The number of hydrogen-bond donors (Lipinski definition) is 2. The van der Waals surface area contributed by atoms with Crippen molar-refractivity contribution in [2.75, 3.05) is 33.9 Å². The van der Waals surface area contributed by atoms with Crippen LogP contribution >= 0.6 is 12.4 Å². The molecule has 3 fully saturated rings. The molecule has 1 atom stereocenters. The largest absolute Gasteiger partial charge is 0.496 e. The number of methoxy groups -OCH3 is 2. The van der Waals surface area contributed by atoms with Gasteiger partial charge >= 0.3 is 0 Å². The summed E-state index contributed by atoms with van der Waals surface area (Å²) in [6.45, 7) is 3.05. The molecule has 2 saturated carbocycles. The van der Waals surface area contributed by atoms with Crippen LogP contribution in [0.15, 0.2) is 24.3 Å². The van der Waals surface area contributed by atoms with Crippen LogP contribution in [0, 0.1) is 0 Å². The third-order valence-corrected chi connectivity index (χ3v) is 9.05. The minimum atomic E-state index is -0.258. The molecular weight excluding hydrogens is 554 g/mol. The quantitative estimate of drug-likeness (QED) is 0.332. The second-order valence-corrected chi connectivity index (χ2v) is 11.9. The molecular formula is C32H48ClN5O4. The second kappa shape index (κ2) is 15.6. The van der Waals surface area contributed by atoms with Crippen molar-refractivity contribution in [1.82, 2.24) is 25.3 Å². The van der Waals surface area contributed by atoms with E-state index in [0.717, 1.165) is 75.8 Å². The summed E-state index contributed by atoms with van der Waals surface area (Å²) in [6.07, 6.45) is 13.6. The Hall–Kier alpha value is -2.78. The fourth-order valence-corrected chi connectivity index (χ4v) is 6.47. The number of halogens is 1. The molecule has 0 radical (unpaired) electrons. The molecule has 5 rings (SSSR count). The number of carbonyl (C=O) groups is 2. The molecule has 232 valence electrons. The van der Waals surface area contributed by atoms with E-state index in [4.69, 9.17) is 14.6 Å². The molecule has 3 aliphatic rings. The van der Waals surface area contributed by atoms with Crippen LogP contribution in [0.5, 0.6) is 11.5 Å². The van der Waals surface area contributed by atoms with Gasteiger partial charge in [-0.15, -0.1) is 12.4 Å². The highest BCUT2D eigenvalue weighted by atomic mass is 35.5. The second-order valence-electron chi connectivity index (χ2n) is 11.9. The number of likely N-dealkylation sites (tertiary alicyclic amines) is 1. The van der Waals surface area contributed by atoms with Crippen LogP contribution in [0.25, 0.3) is 11.3 Å². The molecule has 2 aromatic rings. The number of ether oxygens (including phenoxy) is 2. The van der Waals surface area contributed by atoms with Crippen LogP contribution in [0.3, 0.4) is 0 Å². The number of benzene rings is 1. The lowest BCUT2D eigenvalue weighted by molar-refractivity contribution is -0.122. The van der Waals surface area contributed by atoms with E-state index in [9.17, 15) is 9.59 Å². The molecule has 1 saturated heterocycles. The number of nitrogens with one attached hydrogen (secondary N) is 2. The highest BCUT2D eigenvalue weighted by Gasteiger charge is 2.29. The van der Waals surface area contributed by atoms with Crippen LogP contribution in [0.4, 0.5) is 0 Å². The van der Waals surface area contributed by atoms with E-state index >= 15 is 0 Å². The third-order valence-electron chi connectivity index (χ3n) is 9.05. The highest BCUT2D eigenvalue weighted by Crippen LogP contribution is 2.41. The summed E-state index contributed by atoms with van der Waals surface area (Å²) in [6, 6.07) is 7.81. The first-order chi connectivity index (χ1) is 20.1. The monoisotopic (exact) mass is 601 g/mol. The lowest BCUT2D eigenvalue weighted by Gasteiger charge is -2.28. The predicted molar refractivity (Wildman–Crippen MR) is 167 cm³/mol. The van der Waals surface area contributed by atoms with Gasteiger partial charge in [-0.2, -0.15) is 5.10 Å². The van der Waals surface area contributed by atoms with Crippen molar-refractivity contribution in [2.24, 2.45) is 0 Å². The Morgan fingerprint density at radius 3 is 2.21 bits per heavy atom. The Morgan fingerprint density at radius 1 is 0.952 bits per heavy atom. The van der Waals surface area contributed by atoms with Crippen LogP contribution in [0.1, 0.15) is 100 Å². The Labute approximate surface area is 256 Å². The predicted octanol–water partition coefficient (Wildman–Crippen LogP) is 5.53. The van der Waals surface area contributed by atoms with Crippen molar-refractivity contribution in [3.8, 4) is 22.8 Å². The molecule has 10 heteroatoms. The maximum atomic E-state index is 13.8. The zero-order valence-electron chi connectivity index (χ0n) is 25.2. The van der Waals surface area contributed by atoms with Gasteiger partial charge in [-0.1, -0.05) is 31.7 Å². The van der Waals surface area contributed by atoms with E-state index in [0.29, 0.717) is 17.2 Å². The molecule has 2 N–H and O–H groups in total. The fraction of sp³-hybridized carbons (Fsp3) is 0.656. The fourth-order valence-electron chi connectivity index (χ4n) is 6.47. The van der Waals surface area contributed by atoms with Gasteiger partial charge in [0, 0.05) is 25.0 Å². The van der Waals surface area contributed by atoms with Gasteiger partial charge in [0.1, 0.15) is 11.5 Å². The average Bonchev–Trinajstić information content (AvgIpc) is 3.58. The Morgan fingerprint density at radius 2 is 1.62 bits per heavy atom. The van der Waals surface area contributed by atoms with E-state index in [1.54, 1.807) is 14.2 Å². The number of amides is 2. The summed E-state index contributed by atoms with van der Waals surface area (Å²) in [7, 11) is 3.29. The zero-order chi connectivity index (χ0) is 28.6. The molecule has 0 bridgehead atoms. The Balaban J connectivity index is 0.00000405. The van der Waals surface area contributed by atoms with Crippen molar-refractivity contribution >= 4 is 24.2 Å². The summed E-state index contributed by atoms with van der Waals surface area (Å²) in [5.74, 6) is 1.14. The maximum absolute atomic E-state index is 13.8.